The van der Waals surface area contributed by atoms with Gasteiger partial charge in [-0.1, -0.05) is 6.07 Å². The number of phenolic OH excluding ortho intramolecular Hbond substituents is 1. The molecule has 0 radical (unpaired) electrons. The molecule has 1 aliphatic carbocycles. The SMILES string of the molecule is Oc1cc2c(cc1C1CCCN1)CCCC2. The fourth-order valence-electron chi connectivity index (χ4n) is 3.02. The zero-order chi connectivity index (χ0) is 11.0. The summed E-state index contributed by atoms with van der Waals surface area (Å²) in [5.74, 6) is 0.500. The van der Waals surface area contributed by atoms with Crippen LogP contribution in [0.5, 0.6) is 5.75 Å². The maximum absolute atomic E-state index is 10.1. The zero-order valence-electron chi connectivity index (χ0n) is 9.63. The van der Waals surface area contributed by atoms with Gasteiger partial charge in [0.2, 0.25) is 0 Å². The number of hydrogen-bond acceptors (Lipinski definition) is 2. The Morgan fingerprint density at radius 3 is 2.50 bits per heavy atom. The maximum Gasteiger partial charge on any atom is 0.120 e. The van der Waals surface area contributed by atoms with Crippen molar-refractivity contribution in [1.29, 1.82) is 0 Å². The summed E-state index contributed by atoms with van der Waals surface area (Å²) >= 11 is 0. The molecule has 1 aromatic carbocycles. The molecular formula is C14H19NO. The molecular weight excluding hydrogens is 198 g/mol. The summed E-state index contributed by atoms with van der Waals surface area (Å²) in [4.78, 5) is 0. The van der Waals surface area contributed by atoms with Crippen molar-refractivity contribution in [2.75, 3.05) is 6.54 Å². The Morgan fingerprint density at radius 2 is 1.81 bits per heavy atom. The van der Waals surface area contributed by atoms with Crippen molar-refractivity contribution in [2.24, 2.45) is 0 Å². The summed E-state index contributed by atoms with van der Waals surface area (Å²) in [6.45, 7) is 1.08. The van der Waals surface area contributed by atoms with Gasteiger partial charge < -0.3 is 10.4 Å². The second kappa shape index (κ2) is 4.10. The first-order valence-electron chi connectivity index (χ1n) is 6.42. The predicted molar refractivity (Wildman–Crippen MR) is 64.7 cm³/mol. The van der Waals surface area contributed by atoms with Gasteiger partial charge in [-0.15, -0.1) is 0 Å². The molecule has 2 heteroatoms. The van der Waals surface area contributed by atoms with Crippen molar-refractivity contribution in [3.8, 4) is 5.75 Å². The highest BCUT2D eigenvalue weighted by Crippen LogP contribution is 2.34. The summed E-state index contributed by atoms with van der Waals surface area (Å²) in [7, 11) is 0. The van der Waals surface area contributed by atoms with E-state index in [1.54, 1.807) is 0 Å². The summed E-state index contributed by atoms with van der Waals surface area (Å²) < 4.78 is 0. The van der Waals surface area contributed by atoms with Crippen LogP contribution >= 0.6 is 0 Å². The quantitative estimate of drug-likeness (QED) is 0.758. The van der Waals surface area contributed by atoms with Gasteiger partial charge in [-0.2, -0.15) is 0 Å². The minimum absolute atomic E-state index is 0.382. The van der Waals surface area contributed by atoms with Crippen molar-refractivity contribution in [3.05, 3.63) is 28.8 Å². The average Bonchev–Trinajstić information content (AvgIpc) is 2.81. The molecule has 0 aromatic heterocycles. The van der Waals surface area contributed by atoms with E-state index in [2.05, 4.69) is 11.4 Å². The van der Waals surface area contributed by atoms with Gasteiger partial charge in [0.1, 0.15) is 5.75 Å². The van der Waals surface area contributed by atoms with E-state index in [1.807, 2.05) is 6.07 Å². The topological polar surface area (TPSA) is 32.3 Å². The molecule has 0 bridgehead atoms. The van der Waals surface area contributed by atoms with E-state index < -0.39 is 0 Å². The van der Waals surface area contributed by atoms with E-state index >= 15 is 0 Å². The number of aromatic hydroxyl groups is 1. The largest absolute Gasteiger partial charge is 0.508 e. The first kappa shape index (κ1) is 10.2. The minimum atomic E-state index is 0.382. The van der Waals surface area contributed by atoms with E-state index in [9.17, 15) is 5.11 Å². The third kappa shape index (κ3) is 1.71. The lowest BCUT2D eigenvalue weighted by molar-refractivity contribution is 0.454. The van der Waals surface area contributed by atoms with Crippen LogP contribution in [0.15, 0.2) is 12.1 Å². The first-order chi connectivity index (χ1) is 7.84. The molecule has 86 valence electrons. The molecule has 0 saturated carbocycles. The van der Waals surface area contributed by atoms with Gasteiger partial charge in [0.15, 0.2) is 0 Å². The second-order valence-electron chi connectivity index (χ2n) is 5.04. The molecule has 1 heterocycles. The number of aryl methyl sites for hydroxylation is 2. The molecule has 3 rings (SSSR count). The Morgan fingerprint density at radius 1 is 1.06 bits per heavy atom. The lowest BCUT2D eigenvalue weighted by Gasteiger charge is -2.20. The predicted octanol–water partition coefficient (Wildman–Crippen LogP) is 2.70. The summed E-state index contributed by atoms with van der Waals surface area (Å²) in [5, 5.41) is 13.5. The molecule has 16 heavy (non-hydrogen) atoms. The van der Waals surface area contributed by atoms with Crippen LogP contribution in [-0.2, 0) is 12.8 Å². The van der Waals surface area contributed by atoms with Crippen LogP contribution in [0.3, 0.4) is 0 Å². The molecule has 0 spiro atoms. The van der Waals surface area contributed by atoms with Crippen LogP contribution < -0.4 is 5.32 Å². The van der Waals surface area contributed by atoms with Crippen LogP contribution in [0.4, 0.5) is 0 Å². The third-order valence-electron chi connectivity index (χ3n) is 3.93. The zero-order valence-corrected chi connectivity index (χ0v) is 9.63. The molecule has 2 N–H and O–H groups in total. The maximum atomic E-state index is 10.1. The number of fused-ring (bicyclic) bond motifs is 1. The smallest absolute Gasteiger partial charge is 0.120 e. The van der Waals surface area contributed by atoms with Crippen molar-refractivity contribution in [1.82, 2.24) is 5.32 Å². The van der Waals surface area contributed by atoms with Crippen LogP contribution in [0.1, 0.15) is 48.4 Å². The normalized spacial score (nSPS) is 24.4. The fraction of sp³-hybridized carbons (Fsp3) is 0.571. The molecule has 1 aliphatic heterocycles. The monoisotopic (exact) mass is 217 g/mol. The Labute approximate surface area is 96.7 Å². The standard InChI is InChI=1S/C14H19NO/c16-14-9-11-5-2-1-4-10(11)8-12(14)13-6-3-7-15-13/h8-9,13,15-16H,1-7H2. The van der Waals surface area contributed by atoms with Gasteiger partial charge in [0.05, 0.1) is 0 Å². The molecule has 1 fully saturated rings. The van der Waals surface area contributed by atoms with E-state index in [0.717, 1.165) is 24.9 Å². The van der Waals surface area contributed by atoms with E-state index in [-0.39, 0.29) is 0 Å². The van der Waals surface area contributed by atoms with Crippen molar-refractivity contribution in [2.45, 2.75) is 44.6 Å². The second-order valence-corrected chi connectivity index (χ2v) is 5.04. The highest BCUT2D eigenvalue weighted by molar-refractivity contribution is 5.44. The first-order valence-corrected chi connectivity index (χ1v) is 6.42. The fourth-order valence-corrected chi connectivity index (χ4v) is 3.02. The summed E-state index contributed by atoms with van der Waals surface area (Å²) in [6.07, 6.45) is 7.28. The van der Waals surface area contributed by atoms with Crippen LogP contribution in [-0.4, -0.2) is 11.7 Å². The highest BCUT2D eigenvalue weighted by Gasteiger charge is 2.21. The molecule has 1 unspecified atom stereocenters. The Hall–Kier alpha value is -1.02. The van der Waals surface area contributed by atoms with E-state index in [0.29, 0.717) is 11.8 Å². The van der Waals surface area contributed by atoms with Crippen LogP contribution in [0.25, 0.3) is 0 Å². The van der Waals surface area contributed by atoms with Gasteiger partial charge in [-0.25, -0.2) is 0 Å². The Kier molecular flexibility index (Phi) is 2.60. The van der Waals surface area contributed by atoms with Crippen LogP contribution in [0.2, 0.25) is 0 Å². The Balaban J connectivity index is 1.98. The third-order valence-corrected chi connectivity index (χ3v) is 3.93. The molecule has 1 atom stereocenters. The number of rotatable bonds is 1. The highest BCUT2D eigenvalue weighted by atomic mass is 16.3. The molecule has 0 amide bonds. The van der Waals surface area contributed by atoms with Gasteiger partial charge >= 0.3 is 0 Å². The summed E-state index contributed by atoms with van der Waals surface area (Å²) in [5.41, 5.74) is 3.95. The number of hydrogen-bond donors (Lipinski definition) is 2. The molecule has 2 nitrogen and oxygen atoms in total. The van der Waals surface area contributed by atoms with E-state index in [4.69, 9.17) is 0 Å². The number of benzene rings is 1. The van der Waals surface area contributed by atoms with E-state index in [1.165, 1.54) is 36.8 Å². The lowest BCUT2D eigenvalue weighted by Crippen LogP contribution is -2.14. The summed E-state index contributed by atoms with van der Waals surface area (Å²) in [6, 6.07) is 4.63. The van der Waals surface area contributed by atoms with Gasteiger partial charge in [0.25, 0.3) is 0 Å². The number of phenols is 1. The molecule has 2 aliphatic rings. The average molecular weight is 217 g/mol. The number of nitrogens with one attached hydrogen (secondary N) is 1. The molecule has 1 aromatic rings. The van der Waals surface area contributed by atoms with Crippen molar-refractivity contribution < 1.29 is 5.11 Å². The molecule has 1 saturated heterocycles. The van der Waals surface area contributed by atoms with Crippen molar-refractivity contribution >= 4 is 0 Å². The van der Waals surface area contributed by atoms with Crippen LogP contribution in [0, 0.1) is 0 Å². The minimum Gasteiger partial charge on any atom is -0.508 e. The Bertz CT molecular complexity index is 394. The lowest BCUT2D eigenvalue weighted by atomic mass is 9.88. The van der Waals surface area contributed by atoms with Crippen molar-refractivity contribution in [3.63, 3.8) is 0 Å². The van der Waals surface area contributed by atoms with Gasteiger partial charge in [0, 0.05) is 11.6 Å². The van der Waals surface area contributed by atoms with Gasteiger partial charge in [-0.05, 0) is 62.3 Å². The van der Waals surface area contributed by atoms with Gasteiger partial charge in [-0.3, -0.25) is 0 Å².